The molecular formula is C30H36O5. The molecule has 1 N–H and O–H groups in total. The Labute approximate surface area is 208 Å². The monoisotopic (exact) mass is 476 g/mol. The smallest absolute Gasteiger partial charge is 0.115 e. The van der Waals surface area contributed by atoms with Crippen LogP contribution in [0.3, 0.4) is 0 Å². The molecule has 3 aromatic rings. The molecule has 5 heteroatoms. The van der Waals surface area contributed by atoms with Gasteiger partial charge in [-0.2, -0.15) is 0 Å². The molecule has 1 aliphatic heterocycles. The van der Waals surface area contributed by atoms with Gasteiger partial charge >= 0.3 is 0 Å². The standard InChI is InChI=1S/C30H36O5/c1-2-12-26-28(31)30(34-21-25-17-10-5-11-18-25)29(33-20-24-15-8-4-9-16-24)27(35-26)22-32-19-23-13-6-3-7-14-23/h3-11,13-18,26-31H,2,12,19-22H2,1H3/t26-,27+,28-,29+,30+/m0/s1. The van der Waals surface area contributed by atoms with Gasteiger partial charge in [-0.05, 0) is 23.1 Å². The fourth-order valence-electron chi connectivity index (χ4n) is 4.45. The lowest BCUT2D eigenvalue weighted by molar-refractivity contribution is -0.262. The third-order valence-electron chi connectivity index (χ3n) is 6.29. The number of ether oxygens (including phenoxy) is 4. The van der Waals surface area contributed by atoms with E-state index < -0.39 is 18.3 Å². The Morgan fingerprint density at radius 3 is 1.66 bits per heavy atom. The van der Waals surface area contributed by atoms with E-state index in [2.05, 4.69) is 6.92 Å². The van der Waals surface area contributed by atoms with E-state index in [1.54, 1.807) is 0 Å². The number of benzene rings is 3. The summed E-state index contributed by atoms with van der Waals surface area (Å²) < 4.78 is 25.2. The summed E-state index contributed by atoms with van der Waals surface area (Å²) >= 11 is 0. The summed E-state index contributed by atoms with van der Waals surface area (Å²) in [5.41, 5.74) is 3.22. The quantitative estimate of drug-likeness (QED) is 0.384. The molecule has 5 atom stereocenters. The average molecular weight is 477 g/mol. The number of rotatable bonds is 12. The lowest BCUT2D eigenvalue weighted by Gasteiger charge is -2.44. The highest BCUT2D eigenvalue weighted by Crippen LogP contribution is 2.30. The molecule has 35 heavy (non-hydrogen) atoms. The van der Waals surface area contributed by atoms with Crippen LogP contribution in [0.2, 0.25) is 0 Å². The van der Waals surface area contributed by atoms with Crippen molar-refractivity contribution in [2.75, 3.05) is 6.61 Å². The topological polar surface area (TPSA) is 57.2 Å². The van der Waals surface area contributed by atoms with Gasteiger partial charge in [0.25, 0.3) is 0 Å². The van der Waals surface area contributed by atoms with Crippen molar-refractivity contribution in [1.82, 2.24) is 0 Å². The van der Waals surface area contributed by atoms with Crippen molar-refractivity contribution >= 4 is 0 Å². The Morgan fingerprint density at radius 2 is 1.14 bits per heavy atom. The van der Waals surface area contributed by atoms with Crippen molar-refractivity contribution in [2.24, 2.45) is 0 Å². The largest absolute Gasteiger partial charge is 0.388 e. The molecule has 4 rings (SSSR count). The Hall–Kier alpha value is -2.54. The van der Waals surface area contributed by atoms with Gasteiger partial charge in [0.05, 0.1) is 32.5 Å². The van der Waals surface area contributed by atoms with Crippen molar-refractivity contribution < 1.29 is 24.1 Å². The van der Waals surface area contributed by atoms with Crippen LogP contribution in [0, 0.1) is 0 Å². The highest BCUT2D eigenvalue weighted by molar-refractivity contribution is 5.15. The lowest BCUT2D eigenvalue weighted by Crippen LogP contribution is -2.60. The molecule has 3 aromatic carbocycles. The Balaban J connectivity index is 1.50. The molecule has 1 fully saturated rings. The molecule has 0 spiro atoms. The molecule has 0 unspecified atom stereocenters. The van der Waals surface area contributed by atoms with Crippen LogP contribution in [0.1, 0.15) is 36.5 Å². The summed E-state index contributed by atoms with van der Waals surface area (Å²) in [4.78, 5) is 0. The number of hydrogen-bond donors (Lipinski definition) is 1. The van der Waals surface area contributed by atoms with Crippen LogP contribution in [0.25, 0.3) is 0 Å². The summed E-state index contributed by atoms with van der Waals surface area (Å²) in [6.45, 7) is 3.73. The van der Waals surface area contributed by atoms with Gasteiger partial charge in [-0.1, -0.05) is 104 Å². The van der Waals surface area contributed by atoms with E-state index in [9.17, 15) is 5.11 Å². The minimum absolute atomic E-state index is 0.331. The average Bonchev–Trinajstić information content (AvgIpc) is 2.90. The van der Waals surface area contributed by atoms with E-state index in [0.29, 0.717) is 26.4 Å². The molecule has 1 aliphatic rings. The van der Waals surface area contributed by atoms with Crippen LogP contribution >= 0.6 is 0 Å². The molecule has 5 nitrogen and oxygen atoms in total. The van der Waals surface area contributed by atoms with Crippen molar-refractivity contribution in [2.45, 2.75) is 70.1 Å². The number of hydrogen-bond acceptors (Lipinski definition) is 5. The van der Waals surface area contributed by atoms with E-state index in [4.69, 9.17) is 18.9 Å². The first kappa shape index (κ1) is 25.5. The van der Waals surface area contributed by atoms with Crippen LogP contribution in [-0.4, -0.2) is 42.2 Å². The van der Waals surface area contributed by atoms with E-state index in [1.165, 1.54) is 0 Å². The third-order valence-corrected chi connectivity index (χ3v) is 6.29. The zero-order valence-electron chi connectivity index (χ0n) is 20.4. The highest BCUT2D eigenvalue weighted by atomic mass is 16.6. The molecule has 0 aliphatic carbocycles. The van der Waals surface area contributed by atoms with Crippen molar-refractivity contribution in [3.63, 3.8) is 0 Å². The zero-order chi connectivity index (χ0) is 24.3. The predicted molar refractivity (Wildman–Crippen MR) is 136 cm³/mol. The molecule has 0 radical (unpaired) electrons. The van der Waals surface area contributed by atoms with Gasteiger partial charge in [-0.25, -0.2) is 0 Å². The van der Waals surface area contributed by atoms with Crippen LogP contribution in [0.15, 0.2) is 91.0 Å². The van der Waals surface area contributed by atoms with Crippen LogP contribution in [0.4, 0.5) is 0 Å². The van der Waals surface area contributed by atoms with Crippen molar-refractivity contribution in [1.29, 1.82) is 0 Å². The second-order valence-electron chi connectivity index (χ2n) is 9.02. The van der Waals surface area contributed by atoms with E-state index >= 15 is 0 Å². The Morgan fingerprint density at radius 1 is 0.657 bits per heavy atom. The minimum atomic E-state index is -0.787. The van der Waals surface area contributed by atoms with Gasteiger partial charge in [0, 0.05) is 0 Å². The first-order chi connectivity index (χ1) is 17.2. The molecule has 1 saturated heterocycles. The van der Waals surface area contributed by atoms with Gasteiger partial charge in [0.15, 0.2) is 0 Å². The summed E-state index contributed by atoms with van der Waals surface area (Å²) in [6, 6.07) is 30.1. The summed E-state index contributed by atoms with van der Waals surface area (Å²) in [7, 11) is 0. The summed E-state index contributed by atoms with van der Waals surface area (Å²) in [5.74, 6) is 0. The van der Waals surface area contributed by atoms with Crippen LogP contribution in [0.5, 0.6) is 0 Å². The van der Waals surface area contributed by atoms with Crippen LogP contribution < -0.4 is 0 Å². The molecule has 0 amide bonds. The maximum absolute atomic E-state index is 11.3. The minimum Gasteiger partial charge on any atom is -0.388 e. The Kier molecular flexibility index (Phi) is 9.87. The molecule has 0 saturated carbocycles. The molecule has 186 valence electrons. The number of aliphatic hydroxyl groups excluding tert-OH is 1. The number of aliphatic hydroxyl groups is 1. The first-order valence-corrected chi connectivity index (χ1v) is 12.5. The molecule has 1 heterocycles. The predicted octanol–water partition coefficient (Wildman–Crippen LogP) is 5.30. The lowest BCUT2D eigenvalue weighted by atomic mass is 9.92. The second-order valence-corrected chi connectivity index (χ2v) is 9.02. The van der Waals surface area contributed by atoms with Gasteiger partial charge in [-0.3, -0.25) is 0 Å². The molecule has 0 aromatic heterocycles. The van der Waals surface area contributed by atoms with Gasteiger partial charge < -0.3 is 24.1 Å². The normalized spacial score (nSPS) is 24.3. The highest BCUT2D eigenvalue weighted by Gasteiger charge is 2.46. The summed E-state index contributed by atoms with van der Waals surface area (Å²) in [6.07, 6.45) is -0.837. The van der Waals surface area contributed by atoms with Gasteiger partial charge in [0.1, 0.15) is 24.4 Å². The van der Waals surface area contributed by atoms with Gasteiger partial charge in [0.2, 0.25) is 0 Å². The van der Waals surface area contributed by atoms with Crippen molar-refractivity contribution in [3.8, 4) is 0 Å². The third kappa shape index (κ3) is 7.47. The Bertz CT molecular complexity index is 966. The maximum Gasteiger partial charge on any atom is 0.115 e. The first-order valence-electron chi connectivity index (χ1n) is 12.5. The fraction of sp³-hybridized carbons (Fsp3) is 0.400. The second kappa shape index (κ2) is 13.5. The fourth-order valence-corrected chi connectivity index (χ4v) is 4.45. The summed E-state index contributed by atoms with van der Waals surface area (Å²) in [5, 5.41) is 11.3. The maximum atomic E-state index is 11.3. The van der Waals surface area contributed by atoms with E-state index in [-0.39, 0.29) is 12.2 Å². The molecule has 0 bridgehead atoms. The zero-order valence-corrected chi connectivity index (χ0v) is 20.4. The van der Waals surface area contributed by atoms with Gasteiger partial charge in [-0.15, -0.1) is 0 Å². The van der Waals surface area contributed by atoms with Crippen molar-refractivity contribution in [3.05, 3.63) is 108 Å². The molecular weight excluding hydrogens is 440 g/mol. The van der Waals surface area contributed by atoms with Crippen LogP contribution in [-0.2, 0) is 38.8 Å². The van der Waals surface area contributed by atoms with E-state index in [0.717, 1.165) is 29.5 Å². The SMILES string of the molecule is CCC[C@@H]1O[C@H](COCc2ccccc2)[C@@H](OCc2ccccc2)[C@H](OCc2ccccc2)[C@H]1O. The van der Waals surface area contributed by atoms with E-state index in [1.807, 2.05) is 91.0 Å².